The third-order valence-electron chi connectivity index (χ3n) is 15.1. The van der Waals surface area contributed by atoms with Crippen LogP contribution in [0.25, 0.3) is 93.6 Å². The lowest BCUT2D eigenvalue weighted by molar-refractivity contribution is 0.609. The maximum Gasteiger partial charge on any atom is 0.0543 e. The van der Waals surface area contributed by atoms with Gasteiger partial charge < -0.3 is 18.6 Å². The summed E-state index contributed by atoms with van der Waals surface area (Å²) in [5.41, 5.74) is 19.5. The molecule has 3 aromatic heterocycles. The number of anilines is 2. The SMILES string of the molecule is CC1(C)C=CN2c3ccccc3C(C)(C)c3ccc(-c4ccc(-n5c6ccc(-n7c8ccccc8c8ccccc87)cc6c6cc(-n7c8ccccc8c8ccccc87)ccc65)cc4)c1c32. The van der Waals surface area contributed by atoms with Crippen molar-refractivity contribution in [3.8, 4) is 28.2 Å². The number of allylic oxidation sites excluding steroid dienone is 1. The van der Waals surface area contributed by atoms with Crippen molar-refractivity contribution in [1.82, 2.24) is 13.7 Å². The van der Waals surface area contributed by atoms with Crippen LogP contribution in [-0.4, -0.2) is 13.7 Å². The largest absolute Gasteiger partial charge is 0.317 e. The predicted molar refractivity (Wildman–Crippen MR) is 278 cm³/mol. The minimum atomic E-state index is -0.160. The van der Waals surface area contributed by atoms with E-state index in [1.54, 1.807) is 0 Å². The number of nitrogens with zero attached hydrogens (tertiary/aromatic N) is 4. The van der Waals surface area contributed by atoms with E-state index >= 15 is 0 Å². The quantitative estimate of drug-likeness (QED) is 0.173. The van der Waals surface area contributed by atoms with Crippen molar-refractivity contribution < 1.29 is 0 Å². The Labute approximate surface area is 383 Å². The molecule has 0 fully saturated rings. The van der Waals surface area contributed by atoms with Crippen LogP contribution in [0, 0.1) is 0 Å². The molecule has 12 aromatic rings. The van der Waals surface area contributed by atoms with E-state index in [-0.39, 0.29) is 10.8 Å². The highest BCUT2D eigenvalue weighted by molar-refractivity contribution is 6.14. The summed E-state index contributed by atoms with van der Waals surface area (Å²) < 4.78 is 7.33. The first-order valence-electron chi connectivity index (χ1n) is 23.2. The molecule has 4 nitrogen and oxygen atoms in total. The molecule has 0 atom stereocenters. The fourth-order valence-electron chi connectivity index (χ4n) is 12.0. The number of para-hydroxylation sites is 5. The van der Waals surface area contributed by atoms with E-state index in [1.807, 2.05) is 0 Å². The van der Waals surface area contributed by atoms with Gasteiger partial charge in [-0.3, -0.25) is 0 Å². The molecular formula is C62H46N4. The van der Waals surface area contributed by atoms with Gasteiger partial charge in [0, 0.05) is 72.1 Å². The second kappa shape index (κ2) is 13.2. The lowest BCUT2D eigenvalue weighted by Gasteiger charge is -2.46. The Morgan fingerprint density at radius 1 is 0.364 bits per heavy atom. The molecule has 0 saturated heterocycles. The number of fused-ring (bicyclic) bond motifs is 11. The summed E-state index contributed by atoms with van der Waals surface area (Å²) in [5, 5.41) is 7.48. The van der Waals surface area contributed by atoms with Crippen LogP contribution >= 0.6 is 0 Å². The smallest absolute Gasteiger partial charge is 0.0543 e. The van der Waals surface area contributed by atoms with E-state index < -0.39 is 0 Å². The van der Waals surface area contributed by atoms with Crippen LogP contribution in [0.5, 0.6) is 0 Å². The van der Waals surface area contributed by atoms with E-state index in [0.29, 0.717) is 0 Å². The van der Waals surface area contributed by atoms with Crippen molar-refractivity contribution in [2.75, 3.05) is 4.90 Å². The third kappa shape index (κ3) is 4.99. The standard InChI is InChI=1S/C62H46N4/c1-61(2)35-36-63-58-24-14-9-19-50(58)62(3,4)51-32-31-43(59(61)60(51)63)39-25-27-40(28-26-39)64-56-33-29-41(65-52-20-10-5-15-44(52)45-16-6-11-21-53(45)65)37-48(56)49-38-42(30-34-57(49)64)66-54-22-12-7-17-46(54)47-18-8-13-23-55(47)66/h5-38H,1-4H3. The van der Waals surface area contributed by atoms with Gasteiger partial charge in [0.05, 0.1) is 38.8 Å². The van der Waals surface area contributed by atoms with Crippen LogP contribution in [0.3, 0.4) is 0 Å². The molecule has 0 bridgehead atoms. The van der Waals surface area contributed by atoms with E-state index in [9.17, 15) is 0 Å². The normalized spacial score (nSPS) is 14.8. The monoisotopic (exact) mass is 846 g/mol. The second-order valence-corrected chi connectivity index (χ2v) is 19.5. The highest BCUT2D eigenvalue weighted by atomic mass is 15.1. The summed E-state index contributed by atoms with van der Waals surface area (Å²) >= 11 is 0. The van der Waals surface area contributed by atoms with Gasteiger partial charge in [-0.2, -0.15) is 0 Å². The van der Waals surface area contributed by atoms with E-state index in [1.165, 1.54) is 105 Å². The van der Waals surface area contributed by atoms with Crippen molar-refractivity contribution in [2.45, 2.75) is 38.5 Å². The van der Waals surface area contributed by atoms with Gasteiger partial charge in [0.25, 0.3) is 0 Å². The van der Waals surface area contributed by atoms with Gasteiger partial charge in [-0.15, -0.1) is 0 Å². The average molecular weight is 847 g/mol. The van der Waals surface area contributed by atoms with Gasteiger partial charge in [-0.25, -0.2) is 0 Å². The van der Waals surface area contributed by atoms with Gasteiger partial charge in [0.15, 0.2) is 0 Å². The Hall–Kier alpha value is -8.08. The molecule has 0 N–H and O–H groups in total. The van der Waals surface area contributed by atoms with Crippen LogP contribution in [0.15, 0.2) is 206 Å². The van der Waals surface area contributed by atoms with Crippen LogP contribution < -0.4 is 4.90 Å². The molecule has 4 heteroatoms. The first-order chi connectivity index (χ1) is 32.3. The van der Waals surface area contributed by atoms with Crippen LogP contribution in [0.2, 0.25) is 0 Å². The van der Waals surface area contributed by atoms with Crippen molar-refractivity contribution in [2.24, 2.45) is 0 Å². The third-order valence-corrected chi connectivity index (χ3v) is 15.1. The number of rotatable bonds is 4. The lowest BCUT2D eigenvalue weighted by atomic mass is 9.68. The lowest BCUT2D eigenvalue weighted by Crippen LogP contribution is -2.35. The molecular weight excluding hydrogens is 801 g/mol. The van der Waals surface area contributed by atoms with Gasteiger partial charge >= 0.3 is 0 Å². The molecule has 0 aliphatic carbocycles. The molecule has 9 aromatic carbocycles. The molecule has 0 amide bonds. The summed E-state index contributed by atoms with van der Waals surface area (Å²) in [6.07, 6.45) is 4.68. The fraction of sp³-hybridized carbons (Fsp3) is 0.0968. The highest BCUT2D eigenvalue weighted by Gasteiger charge is 2.42. The summed E-state index contributed by atoms with van der Waals surface area (Å²) in [6.45, 7) is 9.48. The molecule has 0 spiro atoms. The number of aromatic nitrogens is 3. The minimum absolute atomic E-state index is 0.125. The molecule has 66 heavy (non-hydrogen) atoms. The number of hydrogen-bond donors (Lipinski definition) is 0. The van der Waals surface area contributed by atoms with Crippen molar-refractivity contribution in [3.63, 3.8) is 0 Å². The molecule has 314 valence electrons. The summed E-state index contributed by atoms with van der Waals surface area (Å²) in [4.78, 5) is 2.44. The Morgan fingerprint density at radius 2 is 0.803 bits per heavy atom. The Balaban J connectivity index is 0.977. The van der Waals surface area contributed by atoms with E-state index in [0.717, 1.165) is 17.1 Å². The maximum atomic E-state index is 2.46. The van der Waals surface area contributed by atoms with Crippen molar-refractivity contribution in [1.29, 1.82) is 0 Å². The predicted octanol–water partition coefficient (Wildman–Crippen LogP) is 16.2. The maximum absolute atomic E-state index is 2.46. The van der Waals surface area contributed by atoms with Crippen LogP contribution in [0.1, 0.15) is 44.4 Å². The first kappa shape index (κ1) is 37.3. The van der Waals surface area contributed by atoms with Gasteiger partial charge in [0.1, 0.15) is 0 Å². The summed E-state index contributed by atoms with van der Waals surface area (Å²) in [5.74, 6) is 0. The van der Waals surface area contributed by atoms with Gasteiger partial charge in [-0.1, -0.05) is 149 Å². The topological polar surface area (TPSA) is 18.0 Å². The van der Waals surface area contributed by atoms with Crippen molar-refractivity contribution in [3.05, 3.63) is 223 Å². The van der Waals surface area contributed by atoms with E-state index in [4.69, 9.17) is 0 Å². The molecule has 5 heterocycles. The van der Waals surface area contributed by atoms with E-state index in [2.05, 4.69) is 253 Å². The van der Waals surface area contributed by atoms with Crippen molar-refractivity contribution >= 4 is 76.8 Å². The molecule has 0 saturated carbocycles. The first-order valence-corrected chi connectivity index (χ1v) is 23.2. The average Bonchev–Trinajstić information content (AvgIpc) is 3.99. The molecule has 2 aliphatic heterocycles. The number of hydrogen-bond acceptors (Lipinski definition) is 1. The molecule has 2 aliphatic rings. The number of benzene rings is 9. The Kier molecular flexibility index (Phi) is 7.49. The molecule has 0 unspecified atom stereocenters. The van der Waals surface area contributed by atoms with Gasteiger partial charge in [-0.05, 0) is 107 Å². The molecule has 0 radical (unpaired) electrons. The minimum Gasteiger partial charge on any atom is -0.317 e. The van der Waals surface area contributed by atoms with Crippen LogP contribution in [0.4, 0.5) is 11.4 Å². The summed E-state index contributed by atoms with van der Waals surface area (Å²) in [6, 6.07) is 72.2. The fourth-order valence-corrected chi connectivity index (χ4v) is 12.0. The van der Waals surface area contributed by atoms with Gasteiger partial charge in [0.2, 0.25) is 0 Å². The second-order valence-electron chi connectivity index (χ2n) is 19.5. The summed E-state index contributed by atoms with van der Waals surface area (Å²) in [7, 11) is 0. The highest BCUT2D eigenvalue weighted by Crippen LogP contribution is 2.56. The zero-order valence-electron chi connectivity index (χ0n) is 37.4. The Morgan fingerprint density at radius 3 is 1.33 bits per heavy atom. The van der Waals surface area contributed by atoms with Crippen LogP contribution in [-0.2, 0) is 10.8 Å². The molecule has 14 rings (SSSR count). The zero-order chi connectivity index (χ0) is 44.1. The Bertz CT molecular complexity index is 3780. The zero-order valence-corrected chi connectivity index (χ0v) is 37.4.